The van der Waals surface area contributed by atoms with Gasteiger partial charge in [0.15, 0.2) is 0 Å². The first-order chi connectivity index (χ1) is 36.6. The number of hydrogen-bond donors (Lipinski definition) is 0. The number of halogens is 1. The lowest BCUT2D eigenvalue weighted by molar-refractivity contribution is -0.888. The average molecular weight is 1070 g/mol. The van der Waals surface area contributed by atoms with Crippen LogP contribution < -0.4 is 35.9 Å². The molecule has 0 N–H and O–H groups in total. The summed E-state index contributed by atoms with van der Waals surface area (Å²) in [6, 6.07) is 68.1. The van der Waals surface area contributed by atoms with Gasteiger partial charge in [-0.15, -0.1) is 0 Å². The lowest BCUT2D eigenvalue weighted by Gasteiger charge is -2.34. The van der Waals surface area contributed by atoms with E-state index in [0.29, 0.717) is 13.2 Å². The fraction of sp³-hybridized carbons (Fsp3) is 0.257. The Balaban J connectivity index is 0.00000657. The number of ether oxygens (including phenoxy) is 4. The summed E-state index contributed by atoms with van der Waals surface area (Å²) in [6.07, 6.45) is 3.04. The molecule has 0 heterocycles. The van der Waals surface area contributed by atoms with E-state index < -0.39 is 5.41 Å². The van der Waals surface area contributed by atoms with Crippen molar-refractivity contribution in [1.82, 2.24) is 0 Å². The van der Waals surface area contributed by atoms with Crippen LogP contribution in [0.25, 0.3) is 66.4 Å². The first-order valence-corrected chi connectivity index (χ1v) is 27.3. The van der Waals surface area contributed by atoms with Gasteiger partial charge in [-0.25, -0.2) is 0 Å². The van der Waals surface area contributed by atoms with E-state index in [4.69, 9.17) is 18.9 Å². The quantitative estimate of drug-likeness (QED) is 0.0634. The molecule has 0 aromatic heterocycles. The molecule has 0 saturated heterocycles. The zero-order valence-electron chi connectivity index (χ0n) is 45.4. The second-order valence-corrected chi connectivity index (χ2v) is 21.1. The highest BCUT2D eigenvalue weighted by Crippen LogP contribution is 2.59. The molecule has 0 fully saturated rings. The van der Waals surface area contributed by atoms with Gasteiger partial charge in [0.25, 0.3) is 0 Å². The molecule has 2 aliphatic rings. The van der Waals surface area contributed by atoms with Crippen molar-refractivity contribution in [3.63, 3.8) is 0 Å². The summed E-state index contributed by atoms with van der Waals surface area (Å²) >= 11 is 0. The van der Waals surface area contributed by atoms with Gasteiger partial charge in [0.05, 0.1) is 59.5 Å². The van der Waals surface area contributed by atoms with Gasteiger partial charge in [0.1, 0.15) is 23.0 Å². The molecule has 0 atom stereocenters. The van der Waals surface area contributed by atoms with Crippen molar-refractivity contribution in [3.05, 3.63) is 215 Å². The number of hydrogen-bond acceptors (Lipinski definition) is 4. The van der Waals surface area contributed by atoms with Crippen LogP contribution in [0.5, 0.6) is 23.0 Å². The summed E-state index contributed by atoms with van der Waals surface area (Å²) in [6.45, 7) is 15.2. The van der Waals surface area contributed by atoms with Crippen molar-refractivity contribution in [2.45, 2.75) is 64.7 Å². The normalized spacial score (nSPS) is 13.5. The van der Waals surface area contributed by atoms with Gasteiger partial charge in [-0.1, -0.05) is 117 Å². The van der Waals surface area contributed by atoms with Gasteiger partial charge in [0.2, 0.25) is 0 Å². The highest BCUT2D eigenvalue weighted by Gasteiger charge is 2.47. The molecule has 9 aromatic rings. The van der Waals surface area contributed by atoms with E-state index in [-0.39, 0.29) is 22.4 Å². The van der Waals surface area contributed by atoms with Crippen LogP contribution >= 0.6 is 0 Å². The topological polar surface area (TPSA) is 36.9 Å². The molecule has 0 unspecified atom stereocenters. The summed E-state index contributed by atoms with van der Waals surface area (Å²) in [4.78, 5) is 0. The van der Waals surface area contributed by atoms with Crippen LogP contribution in [0.3, 0.4) is 0 Å². The number of nitrogens with zero attached hydrogens (tertiary/aromatic N) is 1. The number of benzene rings is 9. The third kappa shape index (κ3) is 9.17. The largest absolute Gasteiger partial charge is 1.00 e. The highest BCUT2D eigenvalue weighted by molar-refractivity contribution is 5.93. The molecule has 0 amide bonds. The second kappa shape index (κ2) is 21.5. The number of quaternary nitrogens is 1. The highest BCUT2D eigenvalue weighted by atomic mass is 79.9. The lowest BCUT2D eigenvalue weighted by Crippen LogP contribution is -3.00. The van der Waals surface area contributed by atoms with Crippen LogP contribution in [0.15, 0.2) is 182 Å². The van der Waals surface area contributed by atoms with E-state index in [9.17, 15) is 0 Å². The lowest BCUT2D eigenvalue weighted by atomic mass is 9.67. The maximum Gasteiger partial charge on any atom is 0.119 e. The molecular formula is C70H70BrNO4. The SMILES string of the molecule is CCOc1ccc(C2(c3ccc(OCC)cc3)c3cc(-c4ccc(OC)cc4)ccc3-c3ccc(-c4ccc5c(c4)C(CC)(CC)c4cc(-c6ccc7cc(OCCC[N+](C)(C)CC)ccc7c6)ccc4-5)cc32)cc1.[Br-]. The summed E-state index contributed by atoms with van der Waals surface area (Å²) in [7, 11) is 6.28. The smallest absolute Gasteiger partial charge is 0.119 e. The Bertz CT molecular complexity index is 3490. The first-order valence-electron chi connectivity index (χ1n) is 27.3. The van der Waals surface area contributed by atoms with E-state index in [2.05, 4.69) is 205 Å². The Morgan fingerprint density at radius 3 is 1.26 bits per heavy atom. The summed E-state index contributed by atoms with van der Waals surface area (Å²) in [5.74, 6) is 3.49. The Morgan fingerprint density at radius 2 is 0.789 bits per heavy atom. The van der Waals surface area contributed by atoms with Crippen LogP contribution in [0.1, 0.15) is 87.3 Å². The van der Waals surface area contributed by atoms with Gasteiger partial charge >= 0.3 is 0 Å². The molecule has 0 spiro atoms. The third-order valence-corrected chi connectivity index (χ3v) is 16.8. The molecule has 0 aliphatic heterocycles. The van der Waals surface area contributed by atoms with E-state index in [1.54, 1.807) is 7.11 Å². The predicted octanol–water partition coefficient (Wildman–Crippen LogP) is 14.0. The molecule has 6 heteroatoms. The fourth-order valence-corrected chi connectivity index (χ4v) is 12.4. The van der Waals surface area contributed by atoms with E-state index in [1.165, 1.54) is 88.7 Å². The maximum atomic E-state index is 6.24. The predicted molar refractivity (Wildman–Crippen MR) is 311 cm³/mol. The molecule has 0 radical (unpaired) electrons. The summed E-state index contributed by atoms with van der Waals surface area (Å²) in [5.41, 5.74) is 19.2. The van der Waals surface area contributed by atoms with Crippen molar-refractivity contribution in [3.8, 4) is 78.6 Å². The van der Waals surface area contributed by atoms with E-state index >= 15 is 0 Å². The molecule has 0 bridgehead atoms. The van der Waals surface area contributed by atoms with Crippen molar-refractivity contribution in [2.75, 3.05) is 54.1 Å². The Kier molecular flexibility index (Phi) is 14.8. The molecule has 386 valence electrons. The molecule has 76 heavy (non-hydrogen) atoms. The zero-order chi connectivity index (χ0) is 51.9. The van der Waals surface area contributed by atoms with Crippen LogP contribution in [-0.2, 0) is 10.8 Å². The fourth-order valence-electron chi connectivity index (χ4n) is 12.4. The minimum Gasteiger partial charge on any atom is -1.00 e. The van der Waals surface area contributed by atoms with Gasteiger partial charge in [-0.2, -0.15) is 0 Å². The van der Waals surface area contributed by atoms with Crippen LogP contribution in [0.2, 0.25) is 0 Å². The summed E-state index contributed by atoms with van der Waals surface area (Å²) in [5, 5.41) is 2.42. The summed E-state index contributed by atoms with van der Waals surface area (Å²) < 4.78 is 24.9. The Hall–Kier alpha value is -7.12. The van der Waals surface area contributed by atoms with Gasteiger partial charge < -0.3 is 40.4 Å². The first kappa shape index (κ1) is 52.3. The minimum absolute atomic E-state index is 0. The molecule has 2 aliphatic carbocycles. The average Bonchev–Trinajstić information content (AvgIpc) is 3.99. The standard InChI is InChI=1S/C70H70NO4.BrH/c1-9-69(10-2)65-43-52(48-15-16-50-42-60(30-19-49(50)41-48)75-40-14-39-71(6,7)11-3)21-35-61(65)62-36-22-53(44-66(62)69)54-23-38-64-63-37-20-51(47-17-28-57(72-8)29-18-47)45-67(63)70(68(64)46-54,55-24-31-58(32-25-55)73-12-4)56-26-33-59(34-27-56)74-13-5;/h15-38,41-46H,9-14,39-40H2,1-8H3;1H/q+1;/p-1. The van der Waals surface area contributed by atoms with Crippen molar-refractivity contribution in [1.29, 1.82) is 0 Å². The van der Waals surface area contributed by atoms with Crippen molar-refractivity contribution in [2.24, 2.45) is 0 Å². The molecular weight excluding hydrogens is 999 g/mol. The molecule has 9 aromatic carbocycles. The van der Waals surface area contributed by atoms with E-state index in [0.717, 1.165) is 77.6 Å². The monoisotopic (exact) mass is 1070 g/mol. The number of rotatable bonds is 18. The van der Waals surface area contributed by atoms with Crippen LogP contribution in [0, 0.1) is 0 Å². The van der Waals surface area contributed by atoms with Crippen LogP contribution in [0.4, 0.5) is 0 Å². The van der Waals surface area contributed by atoms with Gasteiger partial charge in [-0.05, 0) is 212 Å². The van der Waals surface area contributed by atoms with Crippen molar-refractivity contribution < 1.29 is 40.4 Å². The second-order valence-electron chi connectivity index (χ2n) is 21.1. The van der Waals surface area contributed by atoms with Gasteiger partial charge in [-0.3, -0.25) is 0 Å². The maximum absolute atomic E-state index is 6.24. The molecule has 11 rings (SSSR count). The van der Waals surface area contributed by atoms with E-state index in [1.807, 2.05) is 26.0 Å². The van der Waals surface area contributed by atoms with Crippen molar-refractivity contribution >= 4 is 10.8 Å². The number of methoxy groups -OCH3 is 1. The Morgan fingerprint density at radius 1 is 0.395 bits per heavy atom. The minimum atomic E-state index is -0.664. The van der Waals surface area contributed by atoms with Gasteiger partial charge in [0, 0.05) is 11.8 Å². The third-order valence-electron chi connectivity index (χ3n) is 16.8. The Labute approximate surface area is 461 Å². The zero-order valence-corrected chi connectivity index (χ0v) is 47.0. The van der Waals surface area contributed by atoms with Crippen LogP contribution in [-0.4, -0.2) is 58.6 Å². The number of fused-ring (bicyclic) bond motifs is 7. The molecule has 0 saturated carbocycles. The molecule has 5 nitrogen and oxygen atoms in total.